The first kappa shape index (κ1) is 17.5. The topological polar surface area (TPSA) is 54.0 Å². The Morgan fingerprint density at radius 1 is 0.885 bits per heavy atom. The number of benzene rings is 2. The van der Waals surface area contributed by atoms with Gasteiger partial charge in [-0.25, -0.2) is 13.8 Å². The third-order valence-corrected chi connectivity index (χ3v) is 3.98. The molecule has 3 aromatic rings. The van der Waals surface area contributed by atoms with Crippen LogP contribution in [0.2, 0.25) is 0 Å². The molecule has 2 N–H and O–H groups in total. The molecule has 0 unspecified atom stereocenters. The number of carbonyl (C=O) groups is 1. The van der Waals surface area contributed by atoms with Gasteiger partial charge in [0.15, 0.2) is 11.6 Å². The molecule has 0 saturated carbocycles. The van der Waals surface area contributed by atoms with Crippen LogP contribution in [0.5, 0.6) is 0 Å². The number of hydrogen-bond acceptors (Lipinski definition) is 3. The maximum Gasteiger partial charge on any atom is 0.255 e. The van der Waals surface area contributed by atoms with E-state index in [1.54, 1.807) is 12.1 Å². The van der Waals surface area contributed by atoms with Crippen LogP contribution in [0.15, 0.2) is 54.7 Å². The molecule has 1 aromatic heterocycles. The smallest absolute Gasteiger partial charge is 0.255 e. The summed E-state index contributed by atoms with van der Waals surface area (Å²) in [7, 11) is 0. The predicted octanol–water partition coefficient (Wildman–Crippen LogP) is 4.97. The van der Waals surface area contributed by atoms with Crippen molar-refractivity contribution in [2.45, 2.75) is 13.8 Å². The van der Waals surface area contributed by atoms with Gasteiger partial charge in [0.2, 0.25) is 0 Å². The molecule has 3 rings (SSSR count). The van der Waals surface area contributed by atoms with Gasteiger partial charge in [0.25, 0.3) is 5.91 Å². The summed E-state index contributed by atoms with van der Waals surface area (Å²) in [6, 6.07) is 12.4. The minimum atomic E-state index is -1.07. The van der Waals surface area contributed by atoms with Crippen LogP contribution in [0.1, 0.15) is 21.5 Å². The van der Waals surface area contributed by atoms with E-state index in [1.807, 2.05) is 32.0 Å². The molecule has 0 aliphatic heterocycles. The Labute approximate surface area is 149 Å². The molecule has 0 aliphatic carbocycles. The first-order valence-electron chi connectivity index (χ1n) is 7.99. The van der Waals surface area contributed by atoms with Crippen molar-refractivity contribution in [2.75, 3.05) is 10.6 Å². The summed E-state index contributed by atoms with van der Waals surface area (Å²) in [6.07, 6.45) is 1.49. The molecule has 0 spiro atoms. The molecule has 0 atom stereocenters. The van der Waals surface area contributed by atoms with Gasteiger partial charge < -0.3 is 10.6 Å². The van der Waals surface area contributed by atoms with Gasteiger partial charge in [0.05, 0.1) is 11.9 Å². The number of anilines is 3. The molecule has 26 heavy (non-hydrogen) atoms. The fourth-order valence-electron chi connectivity index (χ4n) is 2.35. The quantitative estimate of drug-likeness (QED) is 0.696. The molecule has 1 amide bonds. The number of aromatic nitrogens is 1. The molecule has 2 aromatic carbocycles. The molecule has 1 heterocycles. The zero-order valence-electron chi connectivity index (χ0n) is 14.3. The van der Waals surface area contributed by atoms with E-state index in [9.17, 15) is 13.6 Å². The number of amides is 1. The number of nitrogens with zero attached hydrogens (tertiary/aromatic N) is 1. The molecule has 0 radical (unpaired) electrons. The van der Waals surface area contributed by atoms with Crippen LogP contribution in [-0.4, -0.2) is 10.9 Å². The van der Waals surface area contributed by atoms with Crippen molar-refractivity contribution in [3.05, 3.63) is 83.1 Å². The van der Waals surface area contributed by atoms with Crippen molar-refractivity contribution in [3.63, 3.8) is 0 Å². The van der Waals surface area contributed by atoms with Crippen LogP contribution in [-0.2, 0) is 0 Å². The highest BCUT2D eigenvalue weighted by molar-refractivity contribution is 6.04. The number of halogens is 2. The molecule has 132 valence electrons. The fraction of sp³-hybridized carbons (Fsp3) is 0.100. The van der Waals surface area contributed by atoms with Gasteiger partial charge in [0, 0.05) is 11.3 Å². The Hall–Kier alpha value is -3.28. The second-order valence-electron chi connectivity index (χ2n) is 5.94. The van der Waals surface area contributed by atoms with Crippen LogP contribution < -0.4 is 10.6 Å². The third kappa shape index (κ3) is 4.03. The van der Waals surface area contributed by atoms with Gasteiger partial charge in [-0.3, -0.25) is 4.79 Å². The van der Waals surface area contributed by atoms with E-state index < -0.39 is 17.5 Å². The van der Waals surface area contributed by atoms with E-state index in [4.69, 9.17) is 0 Å². The molecule has 0 bridgehead atoms. The minimum Gasteiger partial charge on any atom is -0.340 e. The normalized spacial score (nSPS) is 10.5. The van der Waals surface area contributed by atoms with E-state index >= 15 is 0 Å². The largest absolute Gasteiger partial charge is 0.340 e. The Balaban J connectivity index is 1.68. The maximum atomic E-state index is 13.2. The van der Waals surface area contributed by atoms with Crippen molar-refractivity contribution in [1.29, 1.82) is 0 Å². The number of aryl methyl sites for hydroxylation is 2. The maximum absolute atomic E-state index is 13.2. The van der Waals surface area contributed by atoms with Crippen LogP contribution in [0.25, 0.3) is 0 Å². The average molecular weight is 353 g/mol. The lowest BCUT2D eigenvalue weighted by Crippen LogP contribution is -2.12. The van der Waals surface area contributed by atoms with E-state index in [0.717, 1.165) is 17.8 Å². The van der Waals surface area contributed by atoms with Gasteiger partial charge in [-0.2, -0.15) is 0 Å². The van der Waals surface area contributed by atoms with Crippen molar-refractivity contribution in [3.8, 4) is 0 Å². The predicted molar refractivity (Wildman–Crippen MR) is 97.7 cm³/mol. The molecule has 6 heteroatoms. The number of pyridine rings is 1. The lowest BCUT2D eigenvalue weighted by atomic mass is 10.1. The highest BCUT2D eigenvalue weighted by atomic mass is 19.2. The monoisotopic (exact) mass is 353 g/mol. The first-order chi connectivity index (χ1) is 12.4. The van der Waals surface area contributed by atoms with Crippen LogP contribution in [0, 0.1) is 25.5 Å². The molecule has 4 nitrogen and oxygen atoms in total. The summed E-state index contributed by atoms with van der Waals surface area (Å²) < 4.78 is 26.2. The Kier molecular flexibility index (Phi) is 4.93. The summed E-state index contributed by atoms with van der Waals surface area (Å²) in [5, 5.41) is 5.78. The van der Waals surface area contributed by atoms with Crippen LogP contribution in [0.4, 0.5) is 26.0 Å². The second kappa shape index (κ2) is 7.31. The van der Waals surface area contributed by atoms with E-state index in [1.165, 1.54) is 23.4 Å². The second-order valence-corrected chi connectivity index (χ2v) is 5.94. The molecular formula is C20H17F2N3O. The lowest BCUT2D eigenvalue weighted by Gasteiger charge is -2.09. The zero-order valence-corrected chi connectivity index (χ0v) is 14.3. The Morgan fingerprint density at radius 3 is 2.31 bits per heavy atom. The summed E-state index contributed by atoms with van der Waals surface area (Å²) in [4.78, 5) is 16.3. The average Bonchev–Trinajstić information content (AvgIpc) is 2.62. The lowest BCUT2D eigenvalue weighted by molar-refractivity contribution is 0.102. The fourth-order valence-corrected chi connectivity index (χ4v) is 2.35. The summed E-state index contributed by atoms with van der Waals surface area (Å²) in [5.74, 6) is -1.98. The molecule has 0 aliphatic rings. The van der Waals surface area contributed by atoms with Gasteiger partial charge in [-0.05, 0) is 67.4 Å². The van der Waals surface area contributed by atoms with Crippen LogP contribution in [0.3, 0.4) is 0 Å². The third-order valence-electron chi connectivity index (χ3n) is 3.98. The summed E-state index contributed by atoms with van der Waals surface area (Å²) in [6.45, 7) is 4.08. The minimum absolute atomic E-state index is 0.0289. The molecular weight excluding hydrogens is 336 g/mol. The highest BCUT2D eigenvalue weighted by Crippen LogP contribution is 2.19. The Bertz CT molecular complexity index is 956. The number of rotatable bonds is 4. The zero-order chi connectivity index (χ0) is 18.7. The Morgan fingerprint density at radius 2 is 1.65 bits per heavy atom. The van der Waals surface area contributed by atoms with E-state index in [0.29, 0.717) is 11.5 Å². The van der Waals surface area contributed by atoms with Gasteiger partial charge in [-0.1, -0.05) is 6.07 Å². The number of hydrogen-bond donors (Lipinski definition) is 2. The van der Waals surface area contributed by atoms with Crippen molar-refractivity contribution in [1.82, 2.24) is 4.98 Å². The van der Waals surface area contributed by atoms with E-state index in [2.05, 4.69) is 15.6 Å². The first-order valence-corrected chi connectivity index (χ1v) is 7.99. The number of carbonyl (C=O) groups excluding carboxylic acids is 1. The van der Waals surface area contributed by atoms with E-state index in [-0.39, 0.29) is 5.56 Å². The standard InChI is InChI=1S/C20H17F2N3O/c1-12-3-5-15(9-13(12)2)24-19-8-6-16(11-23-19)25-20(26)14-4-7-17(21)18(22)10-14/h3-11H,1-2H3,(H,23,24)(H,25,26). The highest BCUT2D eigenvalue weighted by Gasteiger charge is 2.10. The summed E-state index contributed by atoms with van der Waals surface area (Å²) >= 11 is 0. The number of nitrogens with one attached hydrogen (secondary N) is 2. The van der Waals surface area contributed by atoms with Crippen molar-refractivity contribution in [2.24, 2.45) is 0 Å². The molecule has 0 saturated heterocycles. The van der Waals surface area contributed by atoms with Gasteiger partial charge >= 0.3 is 0 Å². The van der Waals surface area contributed by atoms with Crippen molar-refractivity contribution >= 4 is 23.1 Å². The van der Waals surface area contributed by atoms with Gasteiger partial charge in [0.1, 0.15) is 5.82 Å². The van der Waals surface area contributed by atoms with Crippen LogP contribution >= 0.6 is 0 Å². The van der Waals surface area contributed by atoms with Gasteiger partial charge in [-0.15, -0.1) is 0 Å². The molecule has 0 fully saturated rings. The SMILES string of the molecule is Cc1ccc(Nc2ccc(NC(=O)c3ccc(F)c(F)c3)cn2)cc1C. The summed E-state index contributed by atoms with van der Waals surface area (Å²) in [5.41, 5.74) is 3.77. The van der Waals surface area contributed by atoms with Crippen molar-refractivity contribution < 1.29 is 13.6 Å².